The minimum atomic E-state index is 0.499. The van der Waals surface area contributed by atoms with E-state index in [0.717, 1.165) is 45.4 Å². The number of hydrogen-bond acceptors (Lipinski definition) is 5. The van der Waals surface area contributed by atoms with Gasteiger partial charge in [0.05, 0.1) is 35.5 Å². The van der Waals surface area contributed by atoms with E-state index >= 15 is 0 Å². The number of nitriles is 1. The predicted octanol–water partition coefficient (Wildman–Crippen LogP) is 4.36. The molecule has 0 fully saturated rings. The second kappa shape index (κ2) is 8.03. The predicted molar refractivity (Wildman–Crippen MR) is 114 cm³/mol. The first-order chi connectivity index (χ1) is 14.2. The lowest BCUT2D eigenvalue weighted by molar-refractivity contribution is 0.917. The van der Waals surface area contributed by atoms with Gasteiger partial charge < -0.3 is 4.57 Å². The van der Waals surface area contributed by atoms with Crippen molar-refractivity contribution < 1.29 is 0 Å². The van der Waals surface area contributed by atoms with Gasteiger partial charge in [-0.25, -0.2) is 19.9 Å². The monoisotopic (exact) mass is 380 g/mol. The molecule has 0 saturated carbocycles. The van der Waals surface area contributed by atoms with E-state index in [1.807, 2.05) is 23.9 Å². The lowest BCUT2D eigenvalue weighted by Crippen LogP contribution is -1.97. The van der Waals surface area contributed by atoms with Crippen molar-refractivity contribution in [2.24, 2.45) is 7.05 Å². The number of hydrogen-bond donors (Lipinski definition) is 0. The summed E-state index contributed by atoms with van der Waals surface area (Å²) in [7, 11) is 1.96. The van der Waals surface area contributed by atoms with Crippen molar-refractivity contribution >= 4 is 23.1 Å². The van der Waals surface area contributed by atoms with Gasteiger partial charge in [-0.3, -0.25) is 0 Å². The van der Waals surface area contributed by atoms with Crippen molar-refractivity contribution in [1.29, 1.82) is 5.26 Å². The van der Waals surface area contributed by atoms with Gasteiger partial charge in [-0.05, 0) is 48.2 Å². The molecule has 3 heterocycles. The maximum absolute atomic E-state index is 8.97. The van der Waals surface area contributed by atoms with Gasteiger partial charge in [-0.1, -0.05) is 12.2 Å². The molecule has 0 unspecified atom stereocenters. The molecule has 6 nitrogen and oxygen atoms in total. The van der Waals surface area contributed by atoms with E-state index in [4.69, 9.17) is 10.2 Å². The summed E-state index contributed by atoms with van der Waals surface area (Å²) in [6, 6.07) is 8.56. The maximum Gasteiger partial charge on any atom is 0.115 e. The van der Waals surface area contributed by atoms with Gasteiger partial charge in [0.25, 0.3) is 0 Å². The van der Waals surface area contributed by atoms with Gasteiger partial charge in [0.1, 0.15) is 6.33 Å². The van der Waals surface area contributed by atoms with Crippen LogP contribution in [0.25, 0.3) is 34.4 Å². The van der Waals surface area contributed by atoms with Crippen LogP contribution in [0.2, 0.25) is 0 Å². The Morgan fingerprint density at radius 2 is 1.90 bits per heavy atom. The fourth-order valence-corrected chi connectivity index (χ4v) is 3.36. The molecule has 0 aliphatic rings. The van der Waals surface area contributed by atoms with E-state index in [9.17, 15) is 0 Å². The Bertz CT molecular complexity index is 1230. The van der Waals surface area contributed by atoms with Crippen LogP contribution in [-0.2, 0) is 13.5 Å². The van der Waals surface area contributed by atoms with E-state index in [2.05, 4.69) is 52.2 Å². The van der Waals surface area contributed by atoms with Gasteiger partial charge in [0, 0.05) is 36.8 Å². The molecule has 0 amide bonds. The Morgan fingerprint density at radius 1 is 1.07 bits per heavy atom. The summed E-state index contributed by atoms with van der Waals surface area (Å²) in [6.07, 6.45) is 14.0. The molecule has 0 radical (unpaired) electrons. The standard InChI is InChI=1S/C23H20N6/c1-16-8-21-20(9-18(16)4-3-7-24)19(6-5-17-11-25-14-26-12-17)10-22(28-21)23-13-27-15-29(23)2/h5-6,8-15H,3-4H2,1-2H3. The summed E-state index contributed by atoms with van der Waals surface area (Å²) < 4.78 is 1.96. The molecule has 3 aromatic heterocycles. The van der Waals surface area contributed by atoms with Crippen LogP contribution < -0.4 is 0 Å². The summed E-state index contributed by atoms with van der Waals surface area (Å²) in [4.78, 5) is 17.3. The highest BCUT2D eigenvalue weighted by Crippen LogP contribution is 2.28. The van der Waals surface area contributed by atoms with E-state index in [-0.39, 0.29) is 0 Å². The molecule has 0 saturated heterocycles. The molecule has 0 aliphatic carbocycles. The minimum Gasteiger partial charge on any atom is -0.332 e. The first-order valence-electron chi connectivity index (χ1n) is 9.36. The van der Waals surface area contributed by atoms with Gasteiger partial charge >= 0.3 is 0 Å². The highest BCUT2D eigenvalue weighted by Gasteiger charge is 2.11. The summed E-state index contributed by atoms with van der Waals surface area (Å²) in [5.74, 6) is 0. The molecular weight excluding hydrogens is 360 g/mol. The van der Waals surface area contributed by atoms with Crippen LogP contribution in [0, 0.1) is 18.3 Å². The first kappa shape index (κ1) is 18.5. The lowest BCUT2D eigenvalue weighted by Gasteiger charge is -2.11. The van der Waals surface area contributed by atoms with Crippen LogP contribution in [0.5, 0.6) is 0 Å². The van der Waals surface area contributed by atoms with Crippen molar-refractivity contribution in [2.45, 2.75) is 19.8 Å². The minimum absolute atomic E-state index is 0.499. The van der Waals surface area contributed by atoms with E-state index in [0.29, 0.717) is 6.42 Å². The largest absolute Gasteiger partial charge is 0.332 e. The molecule has 6 heteroatoms. The topological polar surface area (TPSA) is 80.3 Å². The van der Waals surface area contributed by atoms with Crippen LogP contribution in [0.15, 0.2) is 49.4 Å². The van der Waals surface area contributed by atoms with Crippen molar-refractivity contribution in [2.75, 3.05) is 0 Å². The Kier molecular flexibility index (Phi) is 5.12. The molecule has 0 N–H and O–H groups in total. The van der Waals surface area contributed by atoms with Crippen LogP contribution >= 0.6 is 0 Å². The first-order valence-corrected chi connectivity index (χ1v) is 9.36. The SMILES string of the molecule is Cc1cc2nc(-c3cncn3C)cc(C=Cc3cncnc3)c2cc1CCC#N. The normalized spacial score (nSPS) is 11.2. The van der Waals surface area contributed by atoms with Gasteiger partial charge in [-0.15, -0.1) is 0 Å². The second-order valence-corrected chi connectivity index (χ2v) is 6.95. The Hall–Kier alpha value is -3.85. The molecule has 142 valence electrons. The van der Waals surface area contributed by atoms with Gasteiger partial charge in [0.2, 0.25) is 0 Å². The molecule has 0 aliphatic heterocycles. The zero-order valence-electron chi connectivity index (χ0n) is 16.4. The smallest absolute Gasteiger partial charge is 0.115 e. The number of pyridine rings is 1. The van der Waals surface area contributed by atoms with Crippen molar-refractivity contribution in [1.82, 2.24) is 24.5 Å². The van der Waals surface area contributed by atoms with E-state index in [1.165, 1.54) is 11.9 Å². The summed E-state index contributed by atoms with van der Waals surface area (Å²) in [6.45, 7) is 2.07. The van der Waals surface area contributed by atoms with Crippen LogP contribution in [0.4, 0.5) is 0 Å². The average Bonchev–Trinajstić information content (AvgIpc) is 3.17. The zero-order valence-corrected chi connectivity index (χ0v) is 16.4. The number of rotatable bonds is 5. The molecule has 0 spiro atoms. The molecule has 1 aromatic carbocycles. The van der Waals surface area contributed by atoms with E-state index < -0.39 is 0 Å². The maximum atomic E-state index is 8.97. The summed E-state index contributed by atoms with van der Waals surface area (Å²) in [5.41, 5.74) is 7.04. The average molecular weight is 380 g/mol. The number of aromatic nitrogens is 5. The molecule has 0 bridgehead atoms. The van der Waals surface area contributed by atoms with Crippen molar-refractivity contribution in [3.63, 3.8) is 0 Å². The van der Waals surface area contributed by atoms with Gasteiger partial charge in [0.15, 0.2) is 0 Å². The molecule has 4 aromatic rings. The van der Waals surface area contributed by atoms with Crippen LogP contribution in [0.3, 0.4) is 0 Å². The molecule has 29 heavy (non-hydrogen) atoms. The van der Waals surface area contributed by atoms with E-state index in [1.54, 1.807) is 18.7 Å². The fraction of sp³-hybridized carbons (Fsp3) is 0.174. The summed E-state index contributed by atoms with van der Waals surface area (Å²) >= 11 is 0. The number of benzene rings is 1. The van der Waals surface area contributed by atoms with Crippen LogP contribution in [-0.4, -0.2) is 24.5 Å². The summed E-state index contributed by atoms with van der Waals surface area (Å²) in [5, 5.41) is 10.0. The molecule has 4 rings (SSSR count). The highest BCUT2D eigenvalue weighted by atomic mass is 15.0. The second-order valence-electron chi connectivity index (χ2n) is 6.95. The third kappa shape index (κ3) is 3.90. The lowest BCUT2D eigenvalue weighted by atomic mass is 9.97. The van der Waals surface area contributed by atoms with Gasteiger partial charge in [-0.2, -0.15) is 5.26 Å². The number of imidazole rings is 1. The van der Waals surface area contributed by atoms with Crippen LogP contribution in [0.1, 0.15) is 28.7 Å². The number of fused-ring (bicyclic) bond motifs is 1. The zero-order chi connectivity index (χ0) is 20.2. The number of nitrogens with zero attached hydrogens (tertiary/aromatic N) is 6. The number of aryl methyl sites for hydroxylation is 3. The molecule has 0 atom stereocenters. The Morgan fingerprint density at radius 3 is 2.62 bits per heavy atom. The Labute approximate surface area is 169 Å². The highest BCUT2D eigenvalue weighted by molar-refractivity contribution is 5.93. The quantitative estimate of drug-likeness (QED) is 0.514. The fourth-order valence-electron chi connectivity index (χ4n) is 3.36. The van der Waals surface area contributed by atoms with Crippen molar-refractivity contribution in [3.05, 3.63) is 71.7 Å². The molecular formula is C23H20N6. The third-order valence-corrected chi connectivity index (χ3v) is 4.92. The third-order valence-electron chi connectivity index (χ3n) is 4.92. The Balaban J connectivity index is 1.89. The van der Waals surface area contributed by atoms with Crippen molar-refractivity contribution in [3.8, 4) is 17.5 Å².